The molecule has 4 rings (SSSR count). The van der Waals surface area contributed by atoms with Crippen LogP contribution in [0.3, 0.4) is 0 Å². The quantitative estimate of drug-likeness (QED) is 0.449. The molecule has 142 valence electrons. The van der Waals surface area contributed by atoms with Crippen LogP contribution in [0.1, 0.15) is 5.69 Å². The SMILES string of the molecule is COCCOc1nc(NCc2ccccn2)c2c(-c3ccccc3)csc2n1. The first-order valence-electron chi connectivity index (χ1n) is 8.95. The van der Waals surface area contributed by atoms with E-state index in [4.69, 9.17) is 9.47 Å². The van der Waals surface area contributed by atoms with Crippen molar-refractivity contribution in [1.82, 2.24) is 15.0 Å². The Bertz CT molecular complexity index is 1040. The molecule has 3 heterocycles. The molecule has 1 N–H and O–H groups in total. The number of hydrogen-bond acceptors (Lipinski definition) is 7. The molecule has 6 nitrogen and oxygen atoms in total. The van der Waals surface area contributed by atoms with Crippen LogP contribution in [-0.4, -0.2) is 35.3 Å². The van der Waals surface area contributed by atoms with Gasteiger partial charge in [-0.1, -0.05) is 36.4 Å². The Labute approximate surface area is 167 Å². The van der Waals surface area contributed by atoms with Crippen molar-refractivity contribution in [3.8, 4) is 17.1 Å². The molecule has 0 aliphatic heterocycles. The van der Waals surface area contributed by atoms with E-state index in [-0.39, 0.29) is 0 Å². The van der Waals surface area contributed by atoms with Gasteiger partial charge in [0.2, 0.25) is 0 Å². The van der Waals surface area contributed by atoms with E-state index in [1.54, 1.807) is 24.6 Å². The normalized spacial score (nSPS) is 10.9. The Hall–Kier alpha value is -3.03. The maximum absolute atomic E-state index is 5.67. The smallest absolute Gasteiger partial charge is 0.319 e. The molecule has 0 fully saturated rings. The van der Waals surface area contributed by atoms with Crippen molar-refractivity contribution in [3.05, 3.63) is 65.8 Å². The lowest BCUT2D eigenvalue weighted by atomic mass is 10.1. The minimum atomic E-state index is 0.342. The summed E-state index contributed by atoms with van der Waals surface area (Å²) in [5.74, 6) is 0.739. The number of methoxy groups -OCH3 is 1. The summed E-state index contributed by atoms with van der Waals surface area (Å²) in [6, 6.07) is 16.4. The Morgan fingerprint density at radius 2 is 1.86 bits per heavy atom. The van der Waals surface area contributed by atoms with E-state index in [9.17, 15) is 0 Å². The van der Waals surface area contributed by atoms with Crippen molar-refractivity contribution in [3.63, 3.8) is 0 Å². The fourth-order valence-corrected chi connectivity index (χ4v) is 3.78. The van der Waals surface area contributed by atoms with Crippen LogP contribution in [0.4, 0.5) is 5.82 Å². The second-order valence-electron chi connectivity index (χ2n) is 6.07. The molecule has 4 aromatic rings. The fourth-order valence-electron chi connectivity index (χ4n) is 2.84. The maximum Gasteiger partial charge on any atom is 0.319 e. The fraction of sp³-hybridized carbons (Fsp3) is 0.190. The van der Waals surface area contributed by atoms with Crippen molar-refractivity contribution in [2.75, 3.05) is 25.6 Å². The van der Waals surface area contributed by atoms with Gasteiger partial charge in [-0.3, -0.25) is 4.98 Å². The minimum Gasteiger partial charge on any atom is -0.461 e. The van der Waals surface area contributed by atoms with E-state index < -0.39 is 0 Å². The molecular formula is C21H20N4O2S. The number of thiophene rings is 1. The monoisotopic (exact) mass is 392 g/mol. The Morgan fingerprint density at radius 3 is 2.64 bits per heavy atom. The first-order valence-corrected chi connectivity index (χ1v) is 9.83. The maximum atomic E-state index is 5.67. The highest BCUT2D eigenvalue weighted by Crippen LogP contribution is 2.37. The van der Waals surface area contributed by atoms with Crippen molar-refractivity contribution in [2.45, 2.75) is 6.54 Å². The van der Waals surface area contributed by atoms with Gasteiger partial charge >= 0.3 is 6.01 Å². The third-order valence-electron chi connectivity index (χ3n) is 4.18. The summed E-state index contributed by atoms with van der Waals surface area (Å²) in [5.41, 5.74) is 3.17. The van der Waals surface area contributed by atoms with E-state index in [2.05, 4.69) is 37.8 Å². The molecule has 3 aromatic heterocycles. The van der Waals surface area contributed by atoms with Crippen molar-refractivity contribution in [1.29, 1.82) is 0 Å². The van der Waals surface area contributed by atoms with E-state index in [0.717, 1.165) is 32.9 Å². The summed E-state index contributed by atoms with van der Waals surface area (Å²) in [5, 5.41) is 6.52. The highest BCUT2D eigenvalue weighted by Gasteiger charge is 2.16. The van der Waals surface area contributed by atoms with Crippen LogP contribution in [0.15, 0.2) is 60.1 Å². The molecule has 0 aliphatic rings. The number of ether oxygens (including phenoxy) is 2. The summed E-state index contributed by atoms with van der Waals surface area (Å²) in [6.07, 6.45) is 1.78. The lowest BCUT2D eigenvalue weighted by molar-refractivity contribution is 0.141. The van der Waals surface area contributed by atoms with E-state index in [0.29, 0.717) is 25.8 Å². The van der Waals surface area contributed by atoms with E-state index in [1.165, 1.54) is 0 Å². The van der Waals surface area contributed by atoms with Gasteiger partial charge in [-0.25, -0.2) is 0 Å². The van der Waals surface area contributed by atoms with E-state index >= 15 is 0 Å². The molecule has 7 heteroatoms. The van der Waals surface area contributed by atoms with Crippen LogP contribution in [0.2, 0.25) is 0 Å². The first kappa shape index (κ1) is 18.3. The first-order chi connectivity index (χ1) is 13.8. The number of nitrogens with one attached hydrogen (secondary N) is 1. The molecule has 0 unspecified atom stereocenters. The predicted molar refractivity (Wildman–Crippen MR) is 112 cm³/mol. The molecule has 0 radical (unpaired) electrons. The highest BCUT2D eigenvalue weighted by molar-refractivity contribution is 7.17. The minimum absolute atomic E-state index is 0.342. The molecule has 28 heavy (non-hydrogen) atoms. The molecule has 0 saturated heterocycles. The molecular weight excluding hydrogens is 372 g/mol. The average molecular weight is 392 g/mol. The lowest BCUT2D eigenvalue weighted by Crippen LogP contribution is -2.09. The zero-order chi connectivity index (χ0) is 19.2. The van der Waals surface area contributed by atoms with Gasteiger partial charge < -0.3 is 14.8 Å². The van der Waals surface area contributed by atoms with Crippen molar-refractivity contribution < 1.29 is 9.47 Å². The topological polar surface area (TPSA) is 69.2 Å². The number of benzene rings is 1. The van der Waals surface area contributed by atoms with Gasteiger partial charge in [-0.15, -0.1) is 11.3 Å². The van der Waals surface area contributed by atoms with Crippen LogP contribution in [0.5, 0.6) is 6.01 Å². The van der Waals surface area contributed by atoms with Gasteiger partial charge in [0, 0.05) is 24.3 Å². The van der Waals surface area contributed by atoms with Gasteiger partial charge in [0.1, 0.15) is 17.3 Å². The van der Waals surface area contributed by atoms with E-state index in [1.807, 2.05) is 36.4 Å². The summed E-state index contributed by atoms with van der Waals surface area (Å²) in [4.78, 5) is 14.5. The Kier molecular flexibility index (Phi) is 5.75. The molecule has 0 atom stereocenters. The number of aromatic nitrogens is 3. The zero-order valence-corrected chi connectivity index (χ0v) is 16.3. The number of hydrogen-bond donors (Lipinski definition) is 1. The van der Waals surface area contributed by atoms with Crippen LogP contribution in [0, 0.1) is 0 Å². The lowest BCUT2D eigenvalue weighted by Gasteiger charge is -2.11. The predicted octanol–water partition coefficient (Wildman–Crippen LogP) is 4.39. The summed E-state index contributed by atoms with van der Waals surface area (Å²) in [7, 11) is 1.64. The zero-order valence-electron chi connectivity index (χ0n) is 15.5. The van der Waals surface area contributed by atoms with Gasteiger partial charge in [0.15, 0.2) is 0 Å². The molecule has 0 bridgehead atoms. The molecule has 0 spiro atoms. The summed E-state index contributed by atoms with van der Waals surface area (Å²) in [6.45, 7) is 1.45. The molecule has 0 aliphatic carbocycles. The van der Waals surface area contributed by atoms with Gasteiger partial charge in [-0.2, -0.15) is 9.97 Å². The Balaban J connectivity index is 1.72. The number of fused-ring (bicyclic) bond motifs is 1. The number of anilines is 1. The van der Waals surface area contributed by atoms with Gasteiger partial charge in [0.05, 0.1) is 24.2 Å². The van der Waals surface area contributed by atoms with Gasteiger partial charge in [0.25, 0.3) is 0 Å². The van der Waals surface area contributed by atoms with Gasteiger partial charge in [-0.05, 0) is 17.7 Å². The third-order valence-corrected chi connectivity index (χ3v) is 5.05. The van der Waals surface area contributed by atoms with Crippen LogP contribution in [0.25, 0.3) is 21.3 Å². The molecule has 0 saturated carbocycles. The largest absolute Gasteiger partial charge is 0.461 e. The van der Waals surface area contributed by atoms with Crippen LogP contribution >= 0.6 is 11.3 Å². The third kappa shape index (κ3) is 4.11. The van der Waals surface area contributed by atoms with Crippen molar-refractivity contribution >= 4 is 27.4 Å². The molecule has 0 amide bonds. The van der Waals surface area contributed by atoms with Crippen LogP contribution < -0.4 is 10.1 Å². The highest BCUT2D eigenvalue weighted by atomic mass is 32.1. The second kappa shape index (κ2) is 8.77. The Morgan fingerprint density at radius 1 is 1.00 bits per heavy atom. The number of rotatable bonds is 8. The second-order valence-corrected chi connectivity index (χ2v) is 6.92. The summed E-state index contributed by atoms with van der Waals surface area (Å²) >= 11 is 1.58. The number of pyridine rings is 1. The average Bonchev–Trinajstić information content (AvgIpc) is 3.18. The van der Waals surface area contributed by atoms with Crippen molar-refractivity contribution in [2.24, 2.45) is 0 Å². The van der Waals surface area contributed by atoms with Crippen LogP contribution in [-0.2, 0) is 11.3 Å². The standard InChI is InChI=1S/C21H20N4O2S/c1-26-11-12-27-21-24-19(23-13-16-9-5-6-10-22-16)18-17(14-28-20(18)25-21)15-7-3-2-4-8-15/h2-10,14H,11-13H2,1H3,(H,23,24,25). The summed E-state index contributed by atoms with van der Waals surface area (Å²) < 4.78 is 10.7. The number of nitrogens with zero attached hydrogens (tertiary/aromatic N) is 3. The molecule has 1 aromatic carbocycles.